The molecule has 1 spiro atoms. The second-order valence-electron chi connectivity index (χ2n) is 9.06. The van der Waals surface area contributed by atoms with Gasteiger partial charge in [0, 0.05) is 50.1 Å². The second kappa shape index (κ2) is 7.25. The van der Waals surface area contributed by atoms with Gasteiger partial charge in [-0.1, -0.05) is 37.3 Å². The van der Waals surface area contributed by atoms with Crippen LogP contribution in [0.1, 0.15) is 13.3 Å². The van der Waals surface area contributed by atoms with Crippen molar-refractivity contribution < 1.29 is 14.6 Å². The van der Waals surface area contributed by atoms with Gasteiger partial charge in [-0.3, -0.25) is 4.79 Å². The Morgan fingerprint density at radius 3 is 2.88 bits per heavy atom. The van der Waals surface area contributed by atoms with Crippen molar-refractivity contribution in [3.05, 3.63) is 42.7 Å². The average Bonchev–Trinajstić information content (AvgIpc) is 3.48. The molecule has 1 aromatic carbocycles. The Bertz CT molecular complexity index is 1170. The van der Waals surface area contributed by atoms with Crippen LogP contribution in [0.5, 0.6) is 0 Å². The molecule has 3 saturated heterocycles. The predicted molar refractivity (Wildman–Crippen MR) is 117 cm³/mol. The van der Waals surface area contributed by atoms with Gasteiger partial charge in [0.05, 0.1) is 24.0 Å². The molecule has 2 bridgehead atoms. The summed E-state index contributed by atoms with van der Waals surface area (Å²) in [6.45, 7) is 4.45. The number of ether oxygens (including phenoxy) is 1. The Balaban J connectivity index is 1.41. The number of aromatic nitrogens is 4. The van der Waals surface area contributed by atoms with E-state index in [2.05, 4.69) is 21.2 Å². The van der Waals surface area contributed by atoms with Gasteiger partial charge < -0.3 is 19.6 Å². The molecular weight excluding hydrogens is 408 g/mol. The summed E-state index contributed by atoms with van der Waals surface area (Å²) in [5.41, 5.74) is 3.02. The monoisotopic (exact) mass is 434 g/mol. The molecule has 9 nitrogen and oxygen atoms in total. The van der Waals surface area contributed by atoms with E-state index < -0.39 is 5.60 Å². The molecule has 166 valence electrons. The van der Waals surface area contributed by atoms with Crippen LogP contribution in [-0.2, 0) is 9.53 Å². The van der Waals surface area contributed by atoms with Crippen molar-refractivity contribution in [1.82, 2.24) is 24.7 Å². The highest BCUT2D eigenvalue weighted by Crippen LogP contribution is 2.50. The number of carbonyl (C=O) groups excluding carboxylic acids is 1. The number of hydrogen-bond donors (Lipinski definition) is 1. The first-order valence-electron chi connectivity index (χ1n) is 11.2. The van der Waals surface area contributed by atoms with Crippen LogP contribution in [0.25, 0.3) is 16.9 Å². The number of hydrogen-bond acceptors (Lipinski definition) is 7. The molecule has 3 aromatic rings. The summed E-state index contributed by atoms with van der Waals surface area (Å²) in [4.78, 5) is 16.6. The highest BCUT2D eigenvalue weighted by atomic mass is 16.5. The molecule has 6 rings (SSSR count). The summed E-state index contributed by atoms with van der Waals surface area (Å²) in [5, 5.41) is 23.3. The van der Waals surface area contributed by atoms with E-state index in [1.165, 1.54) is 0 Å². The van der Waals surface area contributed by atoms with Crippen molar-refractivity contribution in [1.29, 1.82) is 0 Å². The Morgan fingerprint density at radius 2 is 2.09 bits per heavy atom. The first-order chi connectivity index (χ1) is 15.6. The number of aliphatic hydroxyl groups is 1. The van der Waals surface area contributed by atoms with Crippen LogP contribution in [-0.4, -0.2) is 80.2 Å². The molecule has 3 fully saturated rings. The summed E-state index contributed by atoms with van der Waals surface area (Å²) >= 11 is 0. The van der Waals surface area contributed by atoms with Gasteiger partial charge in [-0.25, -0.2) is 0 Å². The molecule has 9 heteroatoms. The van der Waals surface area contributed by atoms with Gasteiger partial charge in [-0.05, 0) is 6.07 Å². The largest absolute Gasteiger partial charge is 0.396 e. The fraction of sp³-hybridized carbons (Fsp3) is 0.478. The van der Waals surface area contributed by atoms with Gasteiger partial charge in [0.15, 0.2) is 0 Å². The summed E-state index contributed by atoms with van der Waals surface area (Å²) in [7, 11) is 0. The lowest BCUT2D eigenvalue weighted by Gasteiger charge is -2.41. The SMILES string of the molecule is CCC(=O)N1C[C@@H]2[C@H](CO)[C@H]3CN(c4cc(-c5ccccc5)nn5cnnc45)C[C@]2(C1)O3. The Morgan fingerprint density at radius 1 is 1.25 bits per heavy atom. The van der Waals surface area contributed by atoms with Gasteiger partial charge in [0.1, 0.15) is 11.9 Å². The number of anilines is 1. The normalized spacial score (nSPS) is 29.0. The number of aliphatic hydroxyl groups excluding tert-OH is 1. The number of amides is 1. The van der Waals surface area contributed by atoms with Crippen molar-refractivity contribution in [2.45, 2.75) is 25.0 Å². The Kier molecular flexibility index (Phi) is 4.44. The summed E-state index contributed by atoms with van der Waals surface area (Å²) in [6.07, 6.45) is 2.01. The van der Waals surface area contributed by atoms with E-state index in [9.17, 15) is 9.90 Å². The van der Waals surface area contributed by atoms with E-state index in [4.69, 9.17) is 9.84 Å². The van der Waals surface area contributed by atoms with E-state index in [0.29, 0.717) is 38.2 Å². The summed E-state index contributed by atoms with van der Waals surface area (Å²) < 4.78 is 8.26. The van der Waals surface area contributed by atoms with Crippen LogP contribution >= 0.6 is 0 Å². The summed E-state index contributed by atoms with van der Waals surface area (Å²) in [6, 6.07) is 12.1. The van der Waals surface area contributed by atoms with Crippen molar-refractivity contribution in [3.8, 4) is 11.3 Å². The predicted octanol–water partition coefficient (Wildman–Crippen LogP) is 1.23. The number of benzene rings is 1. The van der Waals surface area contributed by atoms with Crippen LogP contribution in [0, 0.1) is 11.8 Å². The fourth-order valence-corrected chi connectivity index (χ4v) is 5.82. The minimum absolute atomic E-state index is 0.0129. The van der Waals surface area contributed by atoms with Gasteiger partial charge in [0.2, 0.25) is 11.6 Å². The molecule has 0 saturated carbocycles. The van der Waals surface area contributed by atoms with Crippen LogP contribution in [0.3, 0.4) is 0 Å². The maximum atomic E-state index is 12.5. The molecule has 0 unspecified atom stereocenters. The van der Waals surface area contributed by atoms with Crippen molar-refractivity contribution in [2.24, 2.45) is 11.8 Å². The minimum atomic E-state index is -0.478. The third kappa shape index (κ3) is 2.84. The number of morpholine rings is 1. The molecule has 2 aromatic heterocycles. The number of carbonyl (C=O) groups is 1. The molecule has 32 heavy (non-hydrogen) atoms. The molecular formula is C23H26N6O3. The first kappa shape index (κ1) is 19.6. The molecule has 0 radical (unpaired) electrons. The fourth-order valence-electron chi connectivity index (χ4n) is 5.82. The quantitative estimate of drug-likeness (QED) is 0.660. The van der Waals surface area contributed by atoms with Gasteiger partial charge >= 0.3 is 0 Å². The van der Waals surface area contributed by atoms with Crippen molar-refractivity contribution >= 4 is 17.2 Å². The summed E-state index contributed by atoms with van der Waals surface area (Å²) in [5.74, 6) is 0.277. The van der Waals surface area contributed by atoms with E-state index in [1.54, 1.807) is 10.8 Å². The van der Waals surface area contributed by atoms with Gasteiger partial charge in [-0.15, -0.1) is 10.2 Å². The average molecular weight is 435 g/mol. The van der Waals surface area contributed by atoms with Crippen LogP contribution in [0.4, 0.5) is 5.69 Å². The Hall–Kier alpha value is -3.04. The van der Waals surface area contributed by atoms with Gasteiger partial charge in [-0.2, -0.15) is 9.61 Å². The third-order valence-electron chi connectivity index (χ3n) is 7.32. The molecule has 3 aliphatic heterocycles. The standard InChI is InChI=1S/C23H26N6O3/c1-2-21(31)28-9-17-16(11-30)20-10-27(12-23(17,13-28)32-20)19-8-18(15-6-4-3-5-7-15)26-29-14-24-25-22(19)29/h3-8,14,16-17,20,30H,2,9-13H2,1H3/t16-,17+,20+,23+/m0/s1. The molecule has 4 atom stereocenters. The zero-order valence-corrected chi connectivity index (χ0v) is 18.0. The first-order valence-corrected chi connectivity index (χ1v) is 11.2. The zero-order chi connectivity index (χ0) is 21.9. The second-order valence-corrected chi connectivity index (χ2v) is 9.06. The number of fused-ring (bicyclic) bond motifs is 2. The van der Waals surface area contributed by atoms with Crippen LogP contribution in [0.15, 0.2) is 42.7 Å². The lowest BCUT2D eigenvalue weighted by molar-refractivity contribution is -0.132. The Labute approximate surface area is 185 Å². The maximum absolute atomic E-state index is 12.5. The van der Waals surface area contributed by atoms with Crippen molar-refractivity contribution in [3.63, 3.8) is 0 Å². The molecule has 5 heterocycles. The molecule has 1 N–H and O–H groups in total. The minimum Gasteiger partial charge on any atom is -0.396 e. The molecule has 0 aliphatic carbocycles. The smallest absolute Gasteiger partial charge is 0.222 e. The van der Waals surface area contributed by atoms with E-state index in [-0.39, 0.29) is 30.5 Å². The maximum Gasteiger partial charge on any atom is 0.222 e. The molecule has 3 aliphatic rings. The van der Waals surface area contributed by atoms with E-state index in [1.807, 2.05) is 42.2 Å². The lowest BCUT2D eigenvalue weighted by Crippen LogP contribution is -2.54. The number of likely N-dealkylation sites (tertiary alicyclic amines) is 1. The van der Waals surface area contributed by atoms with Crippen LogP contribution < -0.4 is 4.90 Å². The molecule has 1 amide bonds. The van der Waals surface area contributed by atoms with E-state index in [0.717, 1.165) is 16.9 Å². The van der Waals surface area contributed by atoms with Crippen molar-refractivity contribution in [2.75, 3.05) is 37.7 Å². The lowest BCUT2D eigenvalue weighted by atomic mass is 9.83. The number of nitrogens with zero attached hydrogens (tertiary/aromatic N) is 6. The number of rotatable bonds is 4. The highest BCUT2D eigenvalue weighted by Gasteiger charge is 2.63. The zero-order valence-electron chi connectivity index (χ0n) is 18.0. The van der Waals surface area contributed by atoms with Crippen LogP contribution in [0.2, 0.25) is 0 Å². The van der Waals surface area contributed by atoms with Gasteiger partial charge in [0.25, 0.3) is 0 Å². The third-order valence-corrected chi connectivity index (χ3v) is 7.32. The van der Waals surface area contributed by atoms with E-state index >= 15 is 0 Å². The topological polar surface area (TPSA) is 96.1 Å². The highest BCUT2D eigenvalue weighted by molar-refractivity contribution is 5.77.